The minimum atomic E-state index is -1.16. The summed E-state index contributed by atoms with van der Waals surface area (Å²) < 4.78 is 5.46. The van der Waals surface area contributed by atoms with Crippen LogP contribution in [0.2, 0.25) is 5.02 Å². The van der Waals surface area contributed by atoms with Gasteiger partial charge >= 0.3 is 5.97 Å². The van der Waals surface area contributed by atoms with Gasteiger partial charge in [0, 0.05) is 6.20 Å². The number of hydrogen-bond donors (Lipinski definition) is 1. The predicted octanol–water partition coefficient (Wildman–Crippen LogP) is 2.69. The number of pyridine rings is 1. The number of rotatable bonds is 1. The number of hydrogen-bond acceptors (Lipinski definition) is 4. The van der Waals surface area contributed by atoms with Crippen molar-refractivity contribution in [2.75, 3.05) is 0 Å². The molecule has 0 bridgehead atoms. The van der Waals surface area contributed by atoms with Crippen LogP contribution in [0.3, 0.4) is 0 Å². The molecular weight excluding hydrogens is 270 g/mol. The van der Waals surface area contributed by atoms with Crippen LogP contribution in [0.4, 0.5) is 0 Å². The van der Waals surface area contributed by atoms with Crippen molar-refractivity contribution in [1.82, 2.24) is 4.98 Å². The zero-order valence-electron chi connectivity index (χ0n) is 9.38. The van der Waals surface area contributed by atoms with Crippen molar-refractivity contribution in [3.05, 3.63) is 51.3 Å². The molecule has 2 heterocycles. The number of halogens is 1. The Morgan fingerprint density at radius 3 is 2.84 bits per heavy atom. The van der Waals surface area contributed by atoms with Crippen molar-refractivity contribution in [2.45, 2.75) is 0 Å². The third-order valence-corrected chi connectivity index (χ3v) is 3.03. The van der Waals surface area contributed by atoms with E-state index in [0.29, 0.717) is 0 Å². The van der Waals surface area contributed by atoms with Crippen molar-refractivity contribution in [3.63, 3.8) is 0 Å². The molecule has 3 aromatic rings. The molecule has 19 heavy (non-hydrogen) atoms. The molecule has 0 amide bonds. The molecule has 0 fully saturated rings. The molecule has 0 aliphatic carbocycles. The Morgan fingerprint density at radius 2 is 2.11 bits per heavy atom. The molecule has 0 aliphatic heterocycles. The first kappa shape index (κ1) is 11.7. The molecule has 0 spiro atoms. The lowest BCUT2D eigenvalue weighted by Crippen LogP contribution is -2.05. The highest BCUT2D eigenvalue weighted by Crippen LogP contribution is 2.26. The maximum Gasteiger partial charge on any atom is 0.335 e. The molecule has 0 unspecified atom stereocenters. The lowest BCUT2D eigenvalue weighted by Gasteiger charge is -2.03. The van der Waals surface area contributed by atoms with E-state index in [2.05, 4.69) is 4.98 Å². The minimum Gasteiger partial charge on any atom is -0.478 e. The summed E-state index contributed by atoms with van der Waals surface area (Å²) in [6.45, 7) is 0. The van der Waals surface area contributed by atoms with Crippen LogP contribution < -0.4 is 5.43 Å². The highest BCUT2D eigenvalue weighted by Gasteiger charge is 2.14. The number of aromatic carboxylic acids is 1. The van der Waals surface area contributed by atoms with Gasteiger partial charge in [-0.2, -0.15) is 0 Å². The van der Waals surface area contributed by atoms with Crippen molar-refractivity contribution in [1.29, 1.82) is 0 Å². The van der Waals surface area contributed by atoms with Crippen molar-refractivity contribution in [3.8, 4) is 0 Å². The SMILES string of the molecule is O=C(O)c1cc(Cl)c2oc3ncccc3c(=O)c2c1. The quantitative estimate of drug-likeness (QED) is 0.691. The van der Waals surface area contributed by atoms with Gasteiger partial charge in [-0.15, -0.1) is 0 Å². The van der Waals surface area contributed by atoms with Crippen LogP contribution in [0, 0.1) is 0 Å². The average Bonchev–Trinajstić information content (AvgIpc) is 2.40. The van der Waals surface area contributed by atoms with Gasteiger partial charge in [0.05, 0.1) is 21.4 Å². The second kappa shape index (κ2) is 4.07. The molecule has 0 radical (unpaired) electrons. The summed E-state index contributed by atoms with van der Waals surface area (Å²) in [5, 5.41) is 9.45. The van der Waals surface area contributed by atoms with Gasteiger partial charge in [0.25, 0.3) is 0 Å². The monoisotopic (exact) mass is 275 g/mol. The van der Waals surface area contributed by atoms with E-state index in [1.165, 1.54) is 18.3 Å². The third-order valence-electron chi connectivity index (χ3n) is 2.75. The molecule has 1 aromatic carbocycles. The molecular formula is C13H6ClNO4. The highest BCUT2D eigenvalue weighted by atomic mass is 35.5. The molecule has 0 saturated heterocycles. The topological polar surface area (TPSA) is 80.4 Å². The third kappa shape index (κ3) is 1.75. The first-order valence-corrected chi connectivity index (χ1v) is 5.70. The zero-order chi connectivity index (χ0) is 13.6. The summed E-state index contributed by atoms with van der Waals surface area (Å²) >= 11 is 5.95. The largest absolute Gasteiger partial charge is 0.478 e. The fourth-order valence-corrected chi connectivity index (χ4v) is 2.13. The van der Waals surface area contributed by atoms with Gasteiger partial charge in [-0.1, -0.05) is 11.6 Å². The smallest absolute Gasteiger partial charge is 0.335 e. The van der Waals surface area contributed by atoms with E-state index in [9.17, 15) is 9.59 Å². The second-order valence-corrected chi connectivity index (χ2v) is 4.33. The van der Waals surface area contributed by atoms with E-state index < -0.39 is 5.97 Å². The van der Waals surface area contributed by atoms with Crippen LogP contribution in [0.15, 0.2) is 39.7 Å². The van der Waals surface area contributed by atoms with Crippen LogP contribution >= 0.6 is 11.6 Å². The lowest BCUT2D eigenvalue weighted by atomic mass is 10.1. The van der Waals surface area contributed by atoms with Gasteiger partial charge in [0.2, 0.25) is 11.1 Å². The molecule has 1 N–H and O–H groups in total. The summed E-state index contributed by atoms with van der Waals surface area (Å²) in [6, 6.07) is 5.66. The summed E-state index contributed by atoms with van der Waals surface area (Å²) in [5.74, 6) is -1.16. The highest BCUT2D eigenvalue weighted by molar-refractivity contribution is 6.35. The number of fused-ring (bicyclic) bond motifs is 2. The molecule has 0 atom stereocenters. The number of aromatic nitrogens is 1. The van der Waals surface area contributed by atoms with Crippen LogP contribution in [-0.4, -0.2) is 16.1 Å². The average molecular weight is 276 g/mol. The van der Waals surface area contributed by atoms with Crippen LogP contribution in [0.25, 0.3) is 22.1 Å². The Kier molecular flexibility index (Phi) is 2.50. The van der Waals surface area contributed by atoms with E-state index in [1.807, 2.05) is 0 Å². The van der Waals surface area contributed by atoms with E-state index in [-0.39, 0.29) is 38.1 Å². The first-order chi connectivity index (χ1) is 9.08. The van der Waals surface area contributed by atoms with Gasteiger partial charge in [-0.25, -0.2) is 9.78 Å². The van der Waals surface area contributed by atoms with Crippen LogP contribution in [0.1, 0.15) is 10.4 Å². The Balaban J connectivity index is 2.55. The maximum atomic E-state index is 12.3. The van der Waals surface area contributed by atoms with Crippen molar-refractivity contribution < 1.29 is 14.3 Å². The van der Waals surface area contributed by atoms with E-state index >= 15 is 0 Å². The Labute approximate surface area is 111 Å². The summed E-state index contributed by atoms with van der Waals surface area (Å²) in [5.41, 5.74) is -0.102. The number of benzene rings is 1. The van der Waals surface area contributed by atoms with Gasteiger partial charge in [-0.05, 0) is 24.3 Å². The number of nitrogens with zero attached hydrogens (tertiary/aromatic N) is 1. The Morgan fingerprint density at radius 1 is 1.32 bits per heavy atom. The first-order valence-electron chi connectivity index (χ1n) is 5.32. The van der Waals surface area contributed by atoms with Gasteiger partial charge < -0.3 is 9.52 Å². The van der Waals surface area contributed by atoms with Crippen LogP contribution in [0.5, 0.6) is 0 Å². The fraction of sp³-hybridized carbons (Fsp3) is 0. The van der Waals surface area contributed by atoms with Crippen LogP contribution in [-0.2, 0) is 0 Å². The summed E-state index contributed by atoms with van der Waals surface area (Å²) in [6.07, 6.45) is 1.50. The molecule has 0 aliphatic rings. The molecule has 94 valence electrons. The van der Waals surface area contributed by atoms with Gasteiger partial charge in [0.1, 0.15) is 0 Å². The van der Waals surface area contributed by atoms with Gasteiger partial charge in [-0.3, -0.25) is 4.79 Å². The maximum absolute atomic E-state index is 12.3. The van der Waals surface area contributed by atoms with Crippen molar-refractivity contribution in [2.24, 2.45) is 0 Å². The second-order valence-electron chi connectivity index (χ2n) is 3.93. The summed E-state index contributed by atoms with van der Waals surface area (Å²) in [7, 11) is 0. The normalized spacial score (nSPS) is 11.0. The standard InChI is InChI=1S/C13H6ClNO4/c14-9-5-6(13(17)18)4-8-10(16)7-2-1-3-15-12(7)19-11(8)9/h1-5H,(H,17,18). The number of carboxylic acids is 1. The summed E-state index contributed by atoms with van der Waals surface area (Å²) in [4.78, 5) is 27.2. The Bertz CT molecular complexity index is 885. The van der Waals surface area contributed by atoms with E-state index in [4.69, 9.17) is 21.1 Å². The molecule has 2 aromatic heterocycles. The minimum absolute atomic E-state index is 0.0620. The van der Waals surface area contributed by atoms with E-state index in [1.54, 1.807) is 12.1 Å². The molecule has 5 nitrogen and oxygen atoms in total. The Hall–Kier alpha value is -2.40. The van der Waals surface area contributed by atoms with Crippen molar-refractivity contribution >= 4 is 39.6 Å². The number of carboxylic acid groups (broad SMARTS) is 1. The number of carbonyl (C=O) groups is 1. The molecule has 3 rings (SSSR count). The molecule has 6 heteroatoms. The predicted molar refractivity (Wildman–Crippen MR) is 69.8 cm³/mol. The zero-order valence-corrected chi connectivity index (χ0v) is 10.1. The molecule has 0 saturated carbocycles. The van der Waals surface area contributed by atoms with Gasteiger partial charge in [0.15, 0.2) is 5.58 Å². The lowest BCUT2D eigenvalue weighted by molar-refractivity contribution is 0.0697. The van der Waals surface area contributed by atoms with E-state index in [0.717, 1.165) is 0 Å². The fourth-order valence-electron chi connectivity index (χ4n) is 1.88.